The molecule has 2 aromatic heterocycles. The Morgan fingerprint density at radius 1 is 1.19 bits per heavy atom. The second kappa shape index (κ2) is 10.1. The summed E-state index contributed by atoms with van der Waals surface area (Å²) in [6.45, 7) is 3.39. The molecule has 0 spiro atoms. The fourth-order valence-corrected chi connectivity index (χ4v) is 3.65. The van der Waals surface area contributed by atoms with Crippen LogP contribution in [-0.4, -0.2) is 48.6 Å². The minimum absolute atomic E-state index is 0.0313. The van der Waals surface area contributed by atoms with Crippen molar-refractivity contribution in [3.8, 4) is 0 Å². The molecule has 0 aliphatic carbocycles. The summed E-state index contributed by atoms with van der Waals surface area (Å²) in [6, 6.07) is 4.18. The van der Waals surface area contributed by atoms with Gasteiger partial charge in [-0.05, 0) is 55.9 Å². The minimum atomic E-state index is -0.680. The highest BCUT2D eigenvalue weighted by Crippen LogP contribution is 2.28. The number of nitrogens with zero attached hydrogens (tertiary/aromatic N) is 3. The van der Waals surface area contributed by atoms with Gasteiger partial charge in [0.1, 0.15) is 5.69 Å². The Morgan fingerprint density at radius 2 is 1.94 bits per heavy atom. The van der Waals surface area contributed by atoms with Gasteiger partial charge in [0, 0.05) is 32.9 Å². The van der Waals surface area contributed by atoms with Crippen LogP contribution in [0.5, 0.6) is 0 Å². The van der Waals surface area contributed by atoms with Gasteiger partial charge in [-0.25, -0.2) is 19.2 Å². The molecule has 0 aromatic carbocycles. The zero-order valence-corrected chi connectivity index (χ0v) is 17.5. The Labute approximate surface area is 179 Å². The van der Waals surface area contributed by atoms with Crippen LogP contribution in [0.1, 0.15) is 35.8 Å². The molecule has 0 bridgehead atoms. The zero-order valence-electron chi connectivity index (χ0n) is 17.5. The van der Waals surface area contributed by atoms with E-state index in [0.29, 0.717) is 37.3 Å². The molecule has 0 unspecified atom stereocenters. The van der Waals surface area contributed by atoms with Gasteiger partial charge in [0.15, 0.2) is 11.6 Å². The third kappa shape index (κ3) is 5.44. The van der Waals surface area contributed by atoms with E-state index in [1.807, 2.05) is 4.90 Å². The molecule has 1 saturated heterocycles. The molecule has 0 saturated carbocycles. The monoisotopic (exact) mass is 432 g/mol. The lowest BCUT2D eigenvalue weighted by atomic mass is 9.90. The molecule has 166 valence electrons. The molecule has 3 amide bonds. The highest BCUT2D eigenvalue weighted by Gasteiger charge is 2.24. The molecule has 3 rings (SSSR count). The van der Waals surface area contributed by atoms with Crippen molar-refractivity contribution >= 4 is 23.4 Å². The molecule has 0 radical (unpaired) electrons. The number of halogens is 2. The van der Waals surface area contributed by atoms with Crippen LogP contribution in [0.2, 0.25) is 0 Å². The normalized spacial score (nSPS) is 14.3. The first-order valence-corrected chi connectivity index (χ1v) is 10.2. The smallest absolute Gasteiger partial charge is 0.320 e. The summed E-state index contributed by atoms with van der Waals surface area (Å²) in [5.74, 6) is -1.53. The zero-order chi connectivity index (χ0) is 22.4. The van der Waals surface area contributed by atoms with Crippen molar-refractivity contribution in [3.05, 3.63) is 47.4 Å². The lowest BCUT2D eigenvalue weighted by Gasteiger charge is -2.33. The van der Waals surface area contributed by atoms with E-state index in [-0.39, 0.29) is 17.4 Å². The molecule has 1 fully saturated rings. The molecular weight excluding hydrogens is 406 g/mol. The van der Waals surface area contributed by atoms with Crippen molar-refractivity contribution in [1.82, 2.24) is 20.6 Å². The number of amides is 3. The minimum Gasteiger partial charge on any atom is -0.368 e. The number of nitrogens with one attached hydrogen (secondary N) is 3. The van der Waals surface area contributed by atoms with Gasteiger partial charge in [0.25, 0.3) is 5.91 Å². The summed E-state index contributed by atoms with van der Waals surface area (Å²) >= 11 is 0. The van der Waals surface area contributed by atoms with Crippen LogP contribution in [-0.2, 0) is 6.42 Å². The molecular formula is C21H26F2N6O2. The summed E-state index contributed by atoms with van der Waals surface area (Å²) in [6.07, 6.45) is 3.47. The highest BCUT2D eigenvalue weighted by molar-refractivity contribution is 5.92. The number of piperidine rings is 1. The first-order chi connectivity index (χ1) is 14.9. The molecule has 1 aliphatic heterocycles. The van der Waals surface area contributed by atoms with Gasteiger partial charge in [-0.3, -0.25) is 10.1 Å². The van der Waals surface area contributed by atoms with Crippen LogP contribution < -0.4 is 20.9 Å². The van der Waals surface area contributed by atoms with Gasteiger partial charge < -0.3 is 15.5 Å². The van der Waals surface area contributed by atoms with E-state index in [9.17, 15) is 18.4 Å². The summed E-state index contributed by atoms with van der Waals surface area (Å²) in [5, 5.41) is 7.38. The number of carbonyl (C=O) groups is 2. The Bertz CT molecular complexity index is 947. The number of anilines is 2. The van der Waals surface area contributed by atoms with Crippen LogP contribution in [0, 0.1) is 17.7 Å². The average molecular weight is 432 g/mol. The fourth-order valence-electron chi connectivity index (χ4n) is 3.65. The second-order valence-corrected chi connectivity index (χ2v) is 7.34. The maximum absolute atomic E-state index is 14.7. The van der Waals surface area contributed by atoms with Gasteiger partial charge in [0.2, 0.25) is 5.95 Å². The highest BCUT2D eigenvalue weighted by atomic mass is 19.1. The molecule has 8 nitrogen and oxygen atoms in total. The Hall–Kier alpha value is -3.30. The van der Waals surface area contributed by atoms with E-state index >= 15 is 0 Å². The quantitative estimate of drug-likeness (QED) is 0.610. The summed E-state index contributed by atoms with van der Waals surface area (Å²) < 4.78 is 29.2. The van der Waals surface area contributed by atoms with Crippen molar-refractivity contribution in [2.24, 2.45) is 5.92 Å². The molecule has 3 heterocycles. The second-order valence-electron chi connectivity index (χ2n) is 7.34. The maximum Gasteiger partial charge on any atom is 0.320 e. The van der Waals surface area contributed by atoms with Gasteiger partial charge in [-0.1, -0.05) is 0 Å². The first-order valence-electron chi connectivity index (χ1n) is 10.2. The van der Waals surface area contributed by atoms with E-state index < -0.39 is 23.7 Å². The average Bonchev–Trinajstić information content (AvgIpc) is 2.76. The first kappa shape index (κ1) is 22.4. The number of hydrogen-bond acceptors (Lipinski definition) is 5. The topological polar surface area (TPSA) is 99.3 Å². The van der Waals surface area contributed by atoms with Crippen LogP contribution in [0.4, 0.5) is 25.1 Å². The number of hydrogen-bond donors (Lipinski definition) is 3. The van der Waals surface area contributed by atoms with Crippen molar-refractivity contribution in [1.29, 1.82) is 0 Å². The predicted octanol–water partition coefficient (Wildman–Crippen LogP) is 2.71. The molecule has 1 aliphatic rings. The van der Waals surface area contributed by atoms with Crippen LogP contribution in [0.25, 0.3) is 0 Å². The third-order valence-corrected chi connectivity index (χ3v) is 5.29. The number of rotatable bonds is 6. The van der Waals surface area contributed by atoms with E-state index in [4.69, 9.17) is 0 Å². The van der Waals surface area contributed by atoms with Crippen LogP contribution >= 0.6 is 0 Å². The van der Waals surface area contributed by atoms with Crippen molar-refractivity contribution in [3.63, 3.8) is 0 Å². The van der Waals surface area contributed by atoms with Gasteiger partial charge in [0.05, 0.1) is 5.69 Å². The molecule has 31 heavy (non-hydrogen) atoms. The lowest BCUT2D eigenvalue weighted by molar-refractivity contribution is 0.0957. The third-order valence-electron chi connectivity index (χ3n) is 5.29. The number of aromatic nitrogens is 2. The molecule has 10 heteroatoms. The van der Waals surface area contributed by atoms with Gasteiger partial charge >= 0.3 is 6.03 Å². The summed E-state index contributed by atoms with van der Waals surface area (Å²) in [7, 11) is 1.46. The van der Waals surface area contributed by atoms with E-state index in [2.05, 4.69) is 25.9 Å². The fraction of sp³-hybridized carbons (Fsp3) is 0.429. The lowest BCUT2D eigenvalue weighted by Crippen LogP contribution is -2.35. The van der Waals surface area contributed by atoms with Crippen LogP contribution in [0.3, 0.4) is 0 Å². The van der Waals surface area contributed by atoms with Crippen molar-refractivity contribution in [2.75, 3.05) is 36.9 Å². The Morgan fingerprint density at radius 3 is 2.58 bits per heavy atom. The predicted molar refractivity (Wildman–Crippen MR) is 113 cm³/mol. The summed E-state index contributed by atoms with van der Waals surface area (Å²) in [5.41, 5.74) is 0.876. The largest absolute Gasteiger partial charge is 0.368 e. The number of urea groups is 1. The molecule has 0 atom stereocenters. The molecule has 2 aromatic rings. The maximum atomic E-state index is 14.7. The summed E-state index contributed by atoms with van der Waals surface area (Å²) in [4.78, 5) is 32.8. The standard InChI is InChI=1S/C21H26F2N6O2/c1-3-25-21(31)28-19-17(22)14(6-9-26-19)12-13-7-10-29(11-8-13)16-5-4-15(20(30)24-2)27-18(16)23/h4-6,9,13H,3,7-8,10-12H2,1-2H3,(H,24,30)(H2,25,26,28,31). The van der Waals surface area contributed by atoms with Gasteiger partial charge in [-0.2, -0.15) is 4.39 Å². The molecule has 3 N–H and O–H groups in total. The van der Waals surface area contributed by atoms with Crippen molar-refractivity contribution in [2.45, 2.75) is 26.2 Å². The van der Waals surface area contributed by atoms with Crippen LogP contribution in [0.15, 0.2) is 24.4 Å². The Balaban J connectivity index is 1.61. The number of pyridine rings is 2. The van der Waals surface area contributed by atoms with E-state index in [1.165, 1.54) is 19.3 Å². The van der Waals surface area contributed by atoms with Gasteiger partial charge in [-0.15, -0.1) is 0 Å². The SMILES string of the molecule is CCNC(=O)Nc1nccc(CC2CCN(c3ccc(C(=O)NC)nc3F)CC2)c1F. The van der Waals surface area contributed by atoms with Crippen molar-refractivity contribution < 1.29 is 18.4 Å². The van der Waals surface area contributed by atoms with E-state index in [0.717, 1.165) is 12.8 Å². The number of carbonyl (C=O) groups excluding carboxylic acids is 2. The Kier molecular flexibility index (Phi) is 7.32. The van der Waals surface area contributed by atoms with E-state index in [1.54, 1.807) is 19.1 Å².